The number of aryl methyl sites for hydroxylation is 2. The lowest BCUT2D eigenvalue weighted by Gasteiger charge is -2.27. The SMILES string of the molecule is Cc1nc(-c2cnn(C)c2COC(=O)NC2CCCCC2)ncc1O[C@H]1CCC[C@H](C(=O)O)C1. The molecule has 0 aliphatic heterocycles. The molecule has 10 heteroatoms. The minimum atomic E-state index is -0.768. The molecule has 2 aromatic heterocycles. The first-order chi connectivity index (χ1) is 16.4. The highest BCUT2D eigenvalue weighted by molar-refractivity contribution is 5.70. The van der Waals surface area contributed by atoms with Crippen molar-refractivity contribution in [2.24, 2.45) is 13.0 Å². The fourth-order valence-corrected chi connectivity index (χ4v) is 4.77. The Hall–Kier alpha value is -3.17. The van der Waals surface area contributed by atoms with Gasteiger partial charge in [0.05, 0.1) is 41.4 Å². The average molecular weight is 472 g/mol. The Kier molecular flexibility index (Phi) is 7.64. The van der Waals surface area contributed by atoms with Gasteiger partial charge in [0.25, 0.3) is 0 Å². The number of carboxylic acids is 1. The van der Waals surface area contributed by atoms with Crippen LogP contribution in [-0.2, 0) is 23.2 Å². The van der Waals surface area contributed by atoms with E-state index in [1.165, 1.54) is 6.42 Å². The minimum Gasteiger partial charge on any atom is -0.487 e. The van der Waals surface area contributed by atoms with Crippen LogP contribution in [0, 0.1) is 12.8 Å². The van der Waals surface area contributed by atoms with Crippen molar-refractivity contribution in [1.29, 1.82) is 0 Å². The normalized spacial score (nSPS) is 21.1. The van der Waals surface area contributed by atoms with Crippen molar-refractivity contribution in [3.05, 3.63) is 23.8 Å². The van der Waals surface area contributed by atoms with E-state index < -0.39 is 12.1 Å². The van der Waals surface area contributed by atoms with Crippen LogP contribution in [0.2, 0.25) is 0 Å². The first kappa shape index (κ1) is 24.0. The molecule has 0 bridgehead atoms. The van der Waals surface area contributed by atoms with E-state index >= 15 is 0 Å². The molecule has 0 radical (unpaired) electrons. The van der Waals surface area contributed by atoms with Crippen molar-refractivity contribution in [1.82, 2.24) is 25.1 Å². The highest BCUT2D eigenvalue weighted by atomic mass is 16.5. The Morgan fingerprint density at radius 1 is 1.15 bits per heavy atom. The van der Waals surface area contributed by atoms with E-state index in [9.17, 15) is 14.7 Å². The second-order valence-corrected chi connectivity index (χ2v) is 9.27. The van der Waals surface area contributed by atoms with Crippen LogP contribution in [0.25, 0.3) is 11.4 Å². The quantitative estimate of drug-likeness (QED) is 0.624. The zero-order valence-corrected chi connectivity index (χ0v) is 19.8. The van der Waals surface area contributed by atoms with Gasteiger partial charge in [-0.05, 0) is 45.4 Å². The standard InChI is InChI=1S/C24H33N5O5/c1-15-21(34-18-10-6-7-16(11-18)23(30)31)13-25-22(27-15)19-12-26-29(2)20(19)14-33-24(32)28-17-8-4-3-5-9-17/h12-13,16-18H,3-11,14H2,1-2H3,(H,28,32)(H,30,31)/t16-,18-/m0/s1. The molecular weight excluding hydrogens is 438 g/mol. The van der Waals surface area contributed by atoms with E-state index in [0.717, 1.165) is 38.5 Å². The molecule has 2 heterocycles. The molecule has 2 aliphatic rings. The summed E-state index contributed by atoms with van der Waals surface area (Å²) in [6.45, 7) is 1.89. The van der Waals surface area contributed by atoms with Crippen molar-refractivity contribution >= 4 is 12.1 Å². The summed E-state index contributed by atoms with van der Waals surface area (Å²) in [6.07, 6.45) is 11.0. The van der Waals surface area contributed by atoms with Gasteiger partial charge in [0.15, 0.2) is 11.6 Å². The van der Waals surface area contributed by atoms with Crippen molar-refractivity contribution in [2.75, 3.05) is 0 Å². The molecule has 2 saturated carbocycles. The van der Waals surface area contributed by atoms with Crippen LogP contribution in [0.4, 0.5) is 4.79 Å². The number of amides is 1. The molecule has 4 rings (SSSR count). The minimum absolute atomic E-state index is 0.0592. The smallest absolute Gasteiger partial charge is 0.407 e. The summed E-state index contributed by atoms with van der Waals surface area (Å²) in [5, 5.41) is 16.5. The van der Waals surface area contributed by atoms with Gasteiger partial charge >= 0.3 is 12.1 Å². The van der Waals surface area contributed by atoms with Crippen LogP contribution >= 0.6 is 0 Å². The molecule has 0 aromatic carbocycles. The monoisotopic (exact) mass is 471 g/mol. The summed E-state index contributed by atoms with van der Waals surface area (Å²) in [6, 6.07) is 0.181. The Bertz CT molecular complexity index is 1020. The maximum atomic E-state index is 12.3. The topological polar surface area (TPSA) is 128 Å². The van der Waals surface area contributed by atoms with Gasteiger partial charge in [-0.3, -0.25) is 9.48 Å². The van der Waals surface area contributed by atoms with Gasteiger partial charge in [-0.25, -0.2) is 14.8 Å². The van der Waals surface area contributed by atoms with E-state index in [4.69, 9.17) is 9.47 Å². The Balaban J connectivity index is 1.40. The first-order valence-electron chi connectivity index (χ1n) is 12.1. The third kappa shape index (κ3) is 5.84. The maximum absolute atomic E-state index is 12.3. The number of aliphatic carboxylic acids is 1. The molecule has 2 atom stereocenters. The first-order valence-corrected chi connectivity index (χ1v) is 12.1. The van der Waals surface area contributed by atoms with Crippen LogP contribution in [0.15, 0.2) is 12.4 Å². The maximum Gasteiger partial charge on any atom is 0.407 e. The second-order valence-electron chi connectivity index (χ2n) is 9.27. The van der Waals surface area contributed by atoms with Crippen LogP contribution in [0.3, 0.4) is 0 Å². The molecule has 0 saturated heterocycles. The third-order valence-electron chi connectivity index (χ3n) is 6.77. The summed E-state index contributed by atoms with van der Waals surface area (Å²) < 4.78 is 13.2. The number of ether oxygens (including phenoxy) is 2. The summed E-state index contributed by atoms with van der Waals surface area (Å²) in [7, 11) is 1.79. The summed E-state index contributed by atoms with van der Waals surface area (Å²) in [5.74, 6) is -0.118. The highest BCUT2D eigenvalue weighted by Crippen LogP contribution is 2.30. The van der Waals surface area contributed by atoms with E-state index in [0.29, 0.717) is 41.4 Å². The largest absolute Gasteiger partial charge is 0.487 e. The lowest BCUT2D eigenvalue weighted by atomic mass is 9.87. The number of aromatic nitrogens is 4. The molecule has 1 amide bonds. The van der Waals surface area contributed by atoms with E-state index in [-0.39, 0.29) is 24.7 Å². The second kappa shape index (κ2) is 10.8. The number of carboxylic acid groups (broad SMARTS) is 1. The lowest BCUT2D eigenvalue weighted by Crippen LogP contribution is -2.36. The molecule has 2 fully saturated rings. The van der Waals surface area contributed by atoms with E-state index in [2.05, 4.69) is 20.4 Å². The summed E-state index contributed by atoms with van der Waals surface area (Å²) in [5.41, 5.74) is 2.04. The third-order valence-corrected chi connectivity index (χ3v) is 6.77. The predicted molar refractivity (Wildman–Crippen MR) is 123 cm³/mol. The van der Waals surface area contributed by atoms with Gasteiger partial charge in [-0.1, -0.05) is 19.3 Å². The fourth-order valence-electron chi connectivity index (χ4n) is 4.77. The Morgan fingerprint density at radius 2 is 1.94 bits per heavy atom. The molecule has 0 unspecified atom stereocenters. The lowest BCUT2D eigenvalue weighted by molar-refractivity contribution is -0.143. The molecule has 2 N–H and O–H groups in total. The highest BCUT2D eigenvalue weighted by Gasteiger charge is 2.28. The van der Waals surface area contributed by atoms with Gasteiger partial charge in [0, 0.05) is 13.1 Å². The Morgan fingerprint density at radius 3 is 2.68 bits per heavy atom. The Labute approximate surface area is 199 Å². The zero-order valence-electron chi connectivity index (χ0n) is 19.8. The number of hydrogen-bond acceptors (Lipinski definition) is 7. The van der Waals surface area contributed by atoms with Crippen LogP contribution < -0.4 is 10.1 Å². The van der Waals surface area contributed by atoms with Gasteiger partial charge < -0.3 is 19.9 Å². The number of carbonyl (C=O) groups is 2. The van der Waals surface area contributed by atoms with Crippen molar-refractivity contribution in [3.8, 4) is 17.1 Å². The number of rotatable bonds is 7. The van der Waals surface area contributed by atoms with Crippen molar-refractivity contribution in [2.45, 2.75) is 83.5 Å². The molecule has 34 heavy (non-hydrogen) atoms. The van der Waals surface area contributed by atoms with Gasteiger partial charge in [0.1, 0.15) is 6.61 Å². The summed E-state index contributed by atoms with van der Waals surface area (Å²) >= 11 is 0. The van der Waals surface area contributed by atoms with Gasteiger partial charge in [0.2, 0.25) is 0 Å². The molecular formula is C24H33N5O5. The summed E-state index contributed by atoms with van der Waals surface area (Å²) in [4.78, 5) is 32.7. The number of carbonyl (C=O) groups excluding carboxylic acids is 1. The van der Waals surface area contributed by atoms with E-state index in [1.807, 2.05) is 6.92 Å². The van der Waals surface area contributed by atoms with E-state index in [1.54, 1.807) is 24.1 Å². The molecule has 0 spiro atoms. The van der Waals surface area contributed by atoms with Crippen LogP contribution in [0.5, 0.6) is 5.75 Å². The molecule has 2 aromatic rings. The zero-order chi connectivity index (χ0) is 24.1. The van der Waals surface area contributed by atoms with Gasteiger partial charge in [-0.15, -0.1) is 0 Å². The molecule has 10 nitrogen and oxygen atoms in total. The average Bonchev–Trinajstić information content (AvgIpc) is 3.20. The predicted octanol–water partition coefficient (Wildman–Crippen LogP) is 3.77. The van der Waals surface area contributed by atoms with Crippen LogP contribution in [0.1, 0.15) is 69.2 Å². The number of nitrogens with zero attached hydrogens (tertiary/aromatic N) is 4. The van der Waals surface area contributed by atoms with Crippen LogP contribution in [-0.4, -0.2) is 49.1 Å². The molecule has 2 aliphatic carbocycles. The number of hydrogen-bond donors (Lipinski definition) is 2. The molecule has 184 valence electrons. The fraction of sp³-hybridized carbons (Fsp3) is 0.625. The van der Waals surface area contributed by atoms with Crippen molar-refractivity contribution < 1.29 is 24.2 Å². The number of alkyl carbamates (subject to hydrolysis) is 1. The number of nitrogens with one attached hydrogen (secondary N) is 1. The van der Waals surface area contributed by atoms with Crippen molar-refractivity contribution in [3.63, 3.8) is 0 Å². The van der Waals surface area contributed by atoms with Gasteiger partial charge in [-0.2, -0.15) is 5.10 Å².